The molecule has 0 spiro atoms. The number of anilines is 1. The molecule has 26 heavy (non-hydrogen) atoms. The predicted molar refractivity (Wildman–Crippen MR) is 102 cm³/mol. The van der Waals surface area contributed by atoms with E-state index in [4.69, 9.17) is 4.74 Å². The Hall–Kier alpha value is -1.74. The van der Waals surface area contributed by atoms with Crippen molar-refractivity contribution in [2.75, 3.05) is 18.4 Å². The minimum Gasteiger partial charge on any atom is -0.373 e. The third-order valence-corrected chi connectivity index (χ3v) is 7.10. The number of benzene rings is 1. The molecule has 6 nitrogen and oxygen atoms in total. The molecule has 1 saturated heterocycles. The number of morpholine rings is 1. The minimum atomic E-state index is -3.64. The molecule has 3 rings (SSSR count). The number of hydrogen-bond donors (Lipinski definition) is 1. The smallest absolute Gasteiger partial charge is 0.265 e. The first-order chi connectivity index (χ1) is 12.3. The number of carbonyl (C=O) groups excluding carboxylic acids is 1. The Morgan fingerprint density at radius 1 is 1.23 bits per heavy atom. The van der Waals surface area contributed by atoms with Crippen LogP contribution < -0.4 is 5.32 Å². The first-order valence-electron chi connectivity index (χ1n) is 8.38. The zero-order valence-electron chi connectivity index (χ0n) is 14.9. The summed E-state index contributed by atoms with van der Waals surface area (Å²) >= 11 is 1.13. The highest BCUT2D eigenvalue weighted by Crippen LogP contribution is 2.26. The summed E-state index contributed by atoms with van der Waals surface area (Å²) in [4.78, 5) is 13.0. The third kappa shape index (κ3) is 3.98. The SMILES string of the molecule is Cc1ccccc1NC(=O)c1cc(S(=O)(=O)N2C[C@@H](C)O[C@H](C)C2)cs1. The summed E-state index contributed by atoms with van der Waals surface area (Å²) in [7, 11) is -3.64. The number of nitrogens with one attached hydrogen (secondary N) is 1. The van der Waals surface area contributed by atoms with Gasteiger partial charge in [-0.3, -0.25) is 4.79 Å². The zero-order valence-corrected chi connectivity index (χ0v) is 16.6. The Kier molecular flexibility index (Phi) is 5.47. The Morgan fingerprint density at radius 3 is 2.54 bits per heavy atom. The molecule has 2 heterocycles. The van der Waals surface area contributed by atoms with E-state index in [1.165, 1.54) is 15.8 Å². The van der Waals surface area contributed by atoms with Gasteiger partial charge < -0.3 is 10.1 Å². The number of carbonyl (C=O) groups is 1. The van der Waals surface area contributed by atoms with E-state index in [2.05, 4.69) is 5.32 Å². The van der Waals surface area contributed by atoms with E-state index >= 15 is 0 Å². The van der Waals surface area contributed by atoms with Crippen LogP contribution in [-0.4, -0.2) is 43.9 Å². The number of thiophene rings is 1. The van der Waals surface area contributed by atoms with Crippen LogP contribution in [-0.2, 0) is 14.8 Å². The molecule has 8 heteroatoms. The summed E-state index contributed by atoms with van der Waals surface area (Å²) < 4.78 is 32.8. The fourth-order valence-corrected chi connectivity index (χ4v) is 5.69. The maximum absolute atomic E-state index is 12.9. The van der Waals surface area contributed by atoms with Crippen molar-refractivity contribution < 1.29 is 17.9 Å². The van der Waals surface area contributed by atoms with Crippen molar-refractivity contribution in [3.63, 3.8) is 0 Å². The maximum atomic E-state index is 12.9. The lowest BCUT2D eigenvalue weighted by Crippen LogP contribution is -2.47. The molecule has 2 aromatic rings. The average Bonchev–Trinajstić information content (AvgIpc) is 3.07. The molecule has 140 valence electrons. The van der Waals surface area contributed by atoms with Crippen molar-refractivity contribution in [1.29, 1.82) is 0 Å². The number of amides is 1. The van der Waals surface area contributed by atoms with Gasteiger partial charge in [0.2, 0.25) is 10.0 Å². The van der Waals surface area contributed by atoms with E-state index in [-0.39, 0.29) is 23.0 Å². The van der Waals surface area contributed by atoms with Crippen LogP contribution >= 0.6 is 11.3 Å². The second kappa shape index (κ2) is 7.48. The lowest BCUT2D eigenvalue weighted by atomic mass is 10.2. The lowest BCUT2D eigenvalue weighted by Gasteiger charge is -2.34. The van der Waals surface area contributed by atoms with Crippen molar-refractivity contribution in [2.45, 2.75) is 37.9 Å². The first-order valence-corrected chi connectivity index (χ1v) is 10.7. The van der Waals surface area contributed by atoms with E-state index in [1.54, 1.807) is 0 Å². The van der Waals surface area contributed by atoms with E-state index in [0.29, 0.717) is 23.7 Å². The second-order valence-corrected chi connectivity index (χ2v) is 9.34. The fourth-order valence-electron chi connectivity index (χ4n) is 2.95. The number of para-hydroxylation sites is 1. The van der Waals surface area contributed by atoms with E-state index < -0.39 is 10.0 Å². The average molecular weight is 395 g/mol. The molecule has 0 aliphatic carbocycles. The van der Waals surface area contributed by atoms with E-state index in [0.717, 1.165) is 16.9 Å². The van der Waals surface area contributed by atoms with Gasteiger partial charge in [-0.05, 0) is 38.5 Å². The van der Waals surface area contributed by atoms with E-state index in [1.807, 2.05) is 45.0 Å². The molecule has 0 bridgehead atoms. The molecule has 0 radical (unpaired) electrons. The normalized spacial score (nSPS) is 21.5. The maximum Gasteiger partial charge on any atom is 0.265 e. The fraction of sp³-hybridized carbons (Fsp3) is 0.389. The van der Waals surface area contributed by atoms with Gasteiger partial charge in [-0.2, -0.15) is 4.31 Å². The van der Waals surface area contributed by atoms with Crippen molar-refractivity contribution in [3.05, 3.63) is 46.2 Å². The molecule has 1 fully saturated rings. The van der Waals surface area contributed by atoms with Gasteiger partial charge in [-0.15, -0.1) is 11.3 Å². The Bertz CT molecular complexity index is 897. The van der Waals surface area contributed by atoms with Gasteiger partial charge in [-0.1, -0.05) is 18.2 Å². The number of rotatable bonds is 4. The van der Waals surface area contributed by atoms with Crippen LogP contribution in [0, 0.1) is 6.92 Å². The van der Waals surface area contributed by atoms with Gasteiger partial charge in [0.1, 0.15) is 0 Å². The minimum absolute atomic E-state index is 0.152. The van der Waals surface area contributed by atoms with Crippen molar-refractivity contribution >= 4 is 33.0 Å². The van der Waals surface area contributed by atoms with Gasteiger partial charge in [0.15, 0.2) is 0 Å². The summed E-state index contributed by atoms with van der Waals surface area (Å²) in [6.07, 6.45) is -0.313. The monoisotopic (exact) mass is 394 g/mol. The van der Waals surface area contributed by atoms with Crippen molar-refractivity contribution in [2.24, 2.45) is 0 Å². The van der Waals surface area contributed by atoms with Crippen molar-refractivity contribution in [3.8, 4) is 0 Å². The molecule has 0 unspecified atom stereocenters. The first kappa shape index (κ1) is 19.0. The molecule has 0 saturated carbocycles. The largest absolute Gasteiger partial charge is 0.373 e. The Morgan fingerprint density at radius 2 is 1.88 bits per heavy atom. The van der Waals surface area contributed by atoms with Crippen LogP contribution in [0.5, 0.6) is 0 Å². The highest BCUT2D eigenvalue weighted by atomic mass is 32.2. The number of hydrogen-bond acceptors (Lipinski definition) is 5. The van der Waals surface area contributed by atoms with Gasteiger partial charge in [0, 0.05) is 24.2 Å². The number of aryl methyl sites for hydroxylation is 1. The molecular weight excluding hydrogens is 372 g/mol. The van der Waals surface area contributed by atoms with E-state index in [9.17, 15) is 13.2 Å². The third-order valence-electron chi connectivity index (χ3n) is 4.22. The molecule has 2 atom stereocenters. The zero-order chi connectivity index (χ0) is 18.9. The Balaban J connectivity index is 1.78. The number of sulfonamides is 1. The molecule has 1 aliphatic rings. The van der Waals surface area contributed by atoms with Crippen LogP contribution in [0.4, 0.5) is 5.69 Å². The molecule has 1 amide bonds. The summed E-state index contributed by atoms with van der Waals surface area (Å²) in [6.45, 7) is 6.24. The van der Waals surface area contributed by atoms with Crippen LogP contribution in [0.2, 0.25) is 0 Å². The highest BCUT2D eigenvalue weighted by molar-refractivity contribution is 7.89. The number of ether oxygens (including phenoxy) is 1. The van der Waals surface area contributed by atoms with Crippen LogP contribution in [0.1, 0.15) is 29.1 Å². The van der Waals surface area contributed by atoms with Crippen LogP contribution in [0.15, 0.2) is 40.6 Å². The number of nitrogens with zero attached hydrogens (tertiary/aromatic N) is 1. The summed E-state index contributed by atoms with van der Waals surface area (Å²) in [5, 5.41) is 4.35. The quantitative estimate of drug-likeness (QED) is 0.865. The summed E-state index contributed by atoms with van der Waals surface area (Å²) in [5.41, 5.74) is 1.66. The standard InChI is InChI=1S/C18H22N2O4S2/c1-12-6-4-5-7-16(12)19-18(21)17-8-15(11-25-17)26(22,23)20-9-13(2)24-14(3)10-20/h4-8,11,13-14H,9-10H2,1-3H3,(H,19,21)/t13-,14-/m1/s1. The Labute approximate surface area is 157 Å². The molecule has 1 aromatic heterocycles. The molecular formula is C18H22N2O4S2. The summed E-state index contributed by atoms with van der Waals surface area (Å²) in [5.74, 6) is -0.311. The second-order valence-electron chi connectivity index (χ2n) is 6.50. The van der Waals surface area contributed by atoms with Gasteiger partial charge in [0.25, 0.3) is 5.91 Å². The topological polar surface area (TPSA) is 75.7 Å². The summed E-state index contributed by atoms with van der Waals surface area (Å²) in [6, 6.07) is 8.90. The van der Waals surface area contributed by atoms with Crippen LogP contribution in [0.25, 0.3) is 0 Å². The van der Waals surface area contributed by atoms with Gasteiger partial charge in [-0.25, -0.2) is 8.42 Å². The van der Waals surface area contributed by atoms with Gasteiger partial charge >= 0.3 is 0 Å². The van der Waals surface area contributed by atoms with Gasteiger partial charge in [0.05, 0.1) is 22.0 Å². The van der Waals surface area contributed by atoms with Crippen molar-refractivity contribution in [1.82, 2.24) is 4.31 Å². The molecule has 1 aromatic carbocycles. The van der Waals surface area contributed by atoms with Crippen LogP contribution in [0.3, 0.4) is 0 Å². The highest BCUT2D eigenvalue weighted by Gasteiger charge is 2.33. The molecule has 1 aliphatic heterocycles. The predicted octanol–water partition coefficient (Wildman–Crippen LogP) is 3.11. The lowest BCUT2D eigenvalue weighted by molar-refractivity contribution is -0.0440. The molecule has 1 N–H and O–H groups in total.